The number of rotatable bonds is 5. The first-order valence-electron chi connectivity index (χ1n) is 4.05. The molecule has 2 nitrogen and oxygen atoms in total. The molecule has 0 aromatic rings. The van der Waals surface area contributed by atoms with Crippen LogP contribution in [0.4, 0.5) is 0 Å². The van der Waals surface area contributed by atoms with Gasteiger partial charge in [0, 0.05) is 6.92 Å². The molecule has 0 N–H and O–H groups in total. The molecule has 0 amide bonds. The van der Waals surface area contributed by atoms with E-state index < -0.39 is 11.4 Å². The Labute approximate surface area is 108 Å². The predicted molar refractivity (Wildman–Crippen MR) is 59.5 cm³/mol. The van der Waals surface area contributed by atoms with Gasteiger partial charge in [-0.2, -0.15) is 6.42 Å². The molecule has 6 radical (unpaired) electrons. The standard InChI is InChI=1S/C10H13O2.HI.Zn/c1-5-7-8-10(3,4)9(11)12-6-2;;/h2-4H,1,5-8H2;1H;/q-1;;+2/p-1. The maximum atomic E-state index is 11.0. The average Bonchev–Trinajstić information content (AvgIpc) is 2.18. The van der Waals surface area contributed by atoms with Crippen LogP contribution < -0.4 is 0 Å². The molecule has 0 aliphatic heterocycles. The summed E-state index contributed by atoms with van der Waals surface area (Å²) in [6, 6.07) is 0. The van der Waals surface area contributed by atoms with Gasteiger partial charge in [0.05, 0.1) is 12.0 Å². The van der Waals surface area contributed by atoms with Crippen molar-refractivity contribution in [2.24, 2.45) is 5.41 Å². The third kappa shape index (κ3) is 8.16. The molecule has 0 unspecified atom stereocenters. The summed E-state index contributed by atoms with van der Waals surface area (Å²) in [7, 11) is 0. The zero-order valence-electron chi connectivity index (χ0n) is 8.17. The van der Waals surface area contributed by atoms with Crippen molar-refractivity contribution in [1.29, 1.82) is 0 Å². The monoisotopic (exact) mass is 356 g/mol. The normalized spacial score (nSPS) is 10.2. The fourth-order valence-electron chi connectivity index (χ4n) is 0.730. The molecule has 0 heterocycles. The Kier molecular flexibility index (Phi) is 12.7. The summed E-state index contributed by atoms with van der Waals surface area (Å²) in [5, 5.41) is 0. The van der Waals surface area contributed by atoms with E-state index in [4.69, 9.17) is 20.8 Å². The van der Waals surface area contributed by atoms with Crippen molar-refractivity contribution in [3.63, 3.8) is 0 Å². The van der Waals surface area contributed by atoms with Crippen molar-refractivity contribution >= 4 is 25.7 Å². The van der Waals surface area contributed by atoms with Gasteiger partial charge in [0.1, 0.15) is 0 Å². The zero-order valence-corrected chi connectivity index (χ0v) is 13.3. The molecule has 0 aromatic heterocycles. The van der Waals surface area contributed by atoms with Crippen molar-refractivity contribution in [1.82, 2.24) is 0 Å². The van der Waals surface area contributed by atoms with E-state index in [1.807, 2.05) is 0 Å². The van der Waals surface area contributed by atoms with Crippen molar-refractivity contribution in [2.45, 2.75) is 19.3 Å². The third-order valence-electron chi connectivity index (χ3n) is 1.43. The molecule has 0 aromatic carbocycles. The first-order chi connectivity index (χ1) is 6.54. The molecular weight excluding hydrogens is 344 g/mol. The van der Waals surface area contributed by atoms with Crippen LogP contribution in [0.3, 0.4) is 0 Å². The van der Waals surface area contributed by atoms with Gasteiger partial charge in [-0.3, -0.25) is 4.79 Å². The van der Waals surface area contributed by atoms with Crippen LogP contribution in [0.25, 0.3) is 0 Å². The summed E-state index contributed by atoms with van der Waals surface area (Å²) in [5.74, 6) is -0.668. The molecule has 0 saturated carbocycles. The molecule has 0 fully saturated rings. The minimum absolute atomic E-state index is 0.195. The van der Waals surface area contributed by atoms with Gasteiger partial charge < -0.3 is 11.7 Å². The quantitative estimate of drug-likeness (QED) is 0.327. The van der Waals surface area contributed by atoms with Crippen LogP contribution in [0.15, 0.2) is 0 Å². The van der Waals surface area contributed by atoms with E-state index in [-0.39, 0.29) is 6.61 Å². The topological polar surface area (TPSA) is 26.3 Å². The van der Waals surface area contributed by atoms with E-state index >= 15 is 0 Å². The van der Waals surface area contributed by atoms with Gasteiger partial charge in [-0.1, -0.05) is 6.42 Å². The maximum absolute atomic E-state index is 11.0. The Balaban J connectivity index is 0. The van der Waals surface area contributed by atoms with Crippen molar-refractivity contribution < 1.29 is 24.3 Å². The number of hydrogen-bond acceptors (Lipinski definition) is 2. The van der Waals surface area contributed by atoms with Gasteiger partial charge in [0.2, 0.25) is 0 Å². The van der Waals surface area contributed by atoms with Gasteiger partial charge in [0.15, 0.2) is 0 Å². The fourth-order valence-corrected chi connectivity index (χ4v) is 0.730. The van der Waals surface area contributed by atoms with E-state index in [2.05, 4.69) is 31.4 Å². The van der Waals surface area contributed by atoms with E-state index in [9.17, 15) is 4.79 Å². The fraction of sp³-hybridized carbons (Fsp3) is 0.500. The van der Waals surface area contributed by atoms with Crippen LogP contribution in [0.1, 0.15) is 19.3 Å². The Morgan fingerprint density at radius 3 is 2.36 bits per heavy atom. The second-order valence-electron chi connectivity index (χ2n) is 2.60. The molecule has 4 heteroatoms. The summed E-state index contributed by atoms with van der Waals surface area (Å²) in [6.45, 7) is 19.3. The molecule has 0 rings (SSSR count). The summed E-state index contributed by atoms with van der Waals surface area (Å²) in [5.41, 5.74) is -1.42. The molecule has 0 atom stereocenters. The summed E-state index contributed by atoms with van der Waals surface area (Å²) >= 11 is 3.62. The van der Waals surface area contributed by atoms with Crippen LogP contribution in [-0.2, 0) is 24.3 Å². The average molecular weight is 358 g/mol. The molecule has 0 spiro atoms. The number of unbranched alkanes of at least 4 members (excludes halogenated alkanes) is 1. The Hall–Kier alpha value is 0.823. The Morgan fingerprint density at radius 2 is 2.00 bits per heavy atom. The van der Waals surface area contributed by atoms with Gasteiger partial charge in [-0.25, -0.2) is 0 Å². The van der Waals surface area contributed by atoms with Crippen LogP contribution in [-0.4, -0.2) is 12.6 Å². The van der Waals surface area contributed by atoms with Crippen molar-refractivity contribution in [3.05, 3.63) is 27.7 Å². The predicted octanol–water partition coefficient (Wildman–Crippen LogP) is 2.54. The first-order valence-corrected chi connectivity index (χ1v) is 13.1. The minimum atomic E-state index is -1.42. The number of carbonyl (C=O) groups is 1. The number of hydrogen-bond donors (Lipinski definition) is 0. The van der Waals surface area contributed by atoms with E-state index in [1.165, 1.54) is 14.8 Å². The third-order valence-corrected chi connectivity index (χ3v) is 1.43. The summed E-state index contributed by atoms with van der Waals surface area (Å²) in [6.07, 6.45) is 1.73. The van der Waals surface area contributed by atoms with Crippen molar-refractivity contribution in [2.75, 3.05) is 6.61 Å². The number of carbonyl (C=O) groups excluding carboxylic acids is 1. The van der Waals surface area contributed by atoms with E-state index in [0.29, 0.717) is 19.3 Å². The van der Waals surface area contributed by atoms with Crippen molar-refractivity contribution in [3.8, 4) is 0 Å². The number of halogens is 1. The molecule has 74 valence electrons. The Morgan fingerprint density at radius 1 is 1.50 bits per heavy atom. The van der Waals surface area contributed by atoms with Crippen LogP contribution in [0, 0.1) is 33.1 Å². The first kappa shape index (κ1) is 17.2. The van der Waals surface area contributed by atoms with Crippen LogP contribution >= 0.6 is 19.8 Å². The van der Waals surface area contributed by atoms with E-state index in [0.717, 1.165) is 0 Å². The molecular formula is C10H13IO2Zn. The van der Waals surface area contributed by atoms with Gasteiger partial charge in [0.25, 0.3) is 0 Å². The second-order valence-corrected chi connectivity index (χ2v) is 2.60. The number of ether oxygens (including phenoxy) is 1. The molecule has 0 aliphatic rings. The van der Waals surface area contributed by atoms with Gasteiger partial charge in [-0.05, 0) is 20.3 Å². The van der Waals surface area contributed by atoms with Gasteiger partial charge in [-0.15, -0.1) is 0 Å². The molecule has 0 saturated heterocycles. The van der Waals surface area contributed by atoms with Crippen LogP contribution in [0.2, 0.25) is 0 Å². The summed E-state index contributed by atoms with van der Waals surface area (Å²) in [4.78, 5) is 11.0. The zero-order chi connectivity index (χ0) is 11.6. The SMILES string of the molecule is [CH]COC(=O)C([CH])([CH])CCC[CH2-].[Zn+][I]. The molecule has 14 heavy (non-hydrogen) atoms. The van der Waals surface area contributed by atoms with Gasteiger partial charge >= 0.3 is 40.5 Å². The molecule has 0 aliphatic carbocycles. The summed E-state index contributed by atoms with van der Waals surface area (Å²) < 4.78 is 4.47. The Bertz CT molecular complexity index is 149. The number of esters is 1. The second kappa shape index (κ2) is 10.3. The van der Waals surface area contributed by atoms with Crippen LogP contribution in [0.5, 0.6) is 0 Å². The van der Waals surface area contributed by atoms with E-state index in [1.54, 1.807) is 0 Å². The molecule has 0 bridgehead atoms.